The molecular formula is C15H31NO4. The molecule has 0 spiro atoms. The zero-order valence-corrected chi connectivity index (χ0v) is 13.4. The zero-order chi connectivity index (χ0) is 15.4. The van der Waals surface area contributed by atoms with Crippen molar-refractivity contribution in [1.82, 2.24) is 0 Å². The second kappa shape index (κ2) is 11.1. The third kappa shape index (κ3) is 12.4. The van der Waals surface area contributed by atoms with Gasteiger partial charge >= 0.3 is 5.97 Å². The largest absolute Gasteiger partial charge is 0.460 e. The van der Waals surface area contributed by atoms with Gasteiger partial charge in [0, 0.05) is 6.54 Å². The number of ether oxygens (including phenoxy) is 3. The van der Waals surface area contributed by atoms with Gasteiger partial charge in [-0.1, -0.05) is 19.8 Å². The molecule has 0 aromatic rings. The molecule has 0 amide bonds. The minimum absolute atomic E-state index is 0.0914. The molecule has 1 unspecified atom stereocenters. The van der Waals surface area contributed by atoms with Crippen LogP contribution in [0.4, 0.5) is 0 Å². The van der Waals surface area contributed by atoms with Crippen LogP contribution in [0.3, 0.4) is 0 Å². The average molecular weight is 289 g/mol. The van der Waals surface area contributed by atoms with Gasteiger partial charge in [0.15, 0.2) is 0 Å². The highest BCUT2D eigenvalue weighted by molar-refractivity contribution is 5.70. The molecule has 2 N–H and O–H groups in total. The maximum atomic E-state index is 11.8. The summed E-state index contributed by atoms with van der Waals surface area (Å²) in [5, 5.41) is 0. The highest BCUT2D eigenvalue weighted by Crippen LogP contribution is 2.14. The van der Waals surface area contributed by atoms with Crippen LogP contribution >= 0.6 is 0 Å². The molecule has 1 atom stereocenters. The lowest BCUT2D eigenvalue weighted by Gasteiger charge is -2.22. The maximum Gasteiger partial charge on any atom is 0.308 e. The summed E-state index contributed by atoms with van der Waals surface area (Å²) in [4.78, 5) is 11.8. The van der Waals surface area contributed by atoms with E-state index in [2.05, 4.69) is 6.92 Å². The van der Waals surface area contributed by atoms with Crippen LogP contribution in [-0.2, 0) is 19.0 Å². The van der Waals surface area contributed by atoms with Crippen molar-refractivity contribution < 1.29 is 19.0 Å². The minimum Gasteiger partial charge on any atom is -0.460 e. The molecule has 5 nitrogen and oxygen atoms in total. The van der Waals surface area contributed by atoms with E-state index >= 15 is 0 Å². The zero-order valence-electron chi connectivity index (χ0n) is 13.4. The van der Waals surface area contributed by atoms with E-state index in [0.29, 0.717) is 32.8 Å². The average Bonchev–Trinajstić information content (AvgIpc) is 2.33. The Morgan fingerprint density at radius 3 is 2.45 bits per heavy atom. The number of carbonyl (C=O) groups is 1. The topological polar surface area (TPSA) is 70.8 Å². The summed E-state index contributed by atoms with van der Waals surface area (Å²) in [6.45, 7) is 9.76. The van der Waals surface area contributed by atoms with E-state index in [4.69, 9.17) is 19.9 Å². The molecule has 0 saturated heterocycles. The first-order chi connectivity index (χ1) is 9.39. The number of esters is 1. The Labute approximate surface area is 123 Å². The van der Waals surface area contributed by atoms with E-state index in [0.717, 1.165) is 19.3 Å². The van der Waals surface area contributed by atoms with Gasteiger partial charge in [0.05, 0.1) is 32.3 Å². The van der Waals surface area contributed by atoms with Crippen LogP contribution in [0.25, 0.3) is 0 Å². The lowest BCUT2D eigenvalue weighted by molar-refractivity contribution is -0.158. The molecular weight excluding hydrogens is 258 g/mol. The molecule has 0 saturated carbocycles. The van der Waals surface area contributed by atoms with Crippen molar-refractivity contribution in [2.45, 2.75) is 65.1 Å². The van der Waals surface area contributed by atoms with Crippen molar-refractivity contribution >= 4 is 5.97 Å². The Bertz CT molecular complexity index is 251. The van der Waals surface area contributed by atoms with Gasteiger partial charge in [0.2, 0.25) is 0 Å². The van der Waals surface area contributed by atoms with Crippen molar-refractivity contribution in [2.75, 3.05) is 26.4 Å². The smallest absolute Gasteiger partial charge is 0.308 e. The fourth-order valence-electron chi connectivity index (χ4n) is 1.70. The minimum atomic E-state index is -0.448. The van der Waals surface area contributed by atoms with E-state index in [1.54, 1.807) is 0 Å². The van der Waals surface area contributed by atoms with E-state index in [9.17, 15) is 4.79 Å². The molecule has 120 valence electrons. The van der Waals surface area contributed by atoms with Crippen LogP contribution < -0.4 is 5.73 Å². The molecule has 5 heteroatoms. The lowest BCUT2D eigenvalue weighted by Crippen LogP contribution is -2.28. The molecule has 0 fully saturated rings. The Balaban J connectivity index is 4.03. The monoisotopic (exact) mass is 289 g/mol. The summed E-state index contributed by atoms with van der Waals surface area (Å²) >= 11 is 0. The summed E-state index contributed by atoms with van der Waals surface area (Å²) in [5.41, 5.74) is 4.89. The summed E-state index contributed by atoms with van der Waals surface area (Å²) in [5.74, 6) is -0.207. The van der Waals surface area contributed by atoms with Gasteiger partial charge in [-0.15, -0.1) is 0 Å². The van der Waals surface area contributed by atoms with Gasteiger partial charge in [-0.2, -0.15) is 0 Å². The normalized spacial score (nSPS) is 13.2. The standard InChI is InChI=1S/C15H31NO4/c1-5-6-7-13(19-11-10-18-9-8-16)12-14(17)20-15(2,3)4/h13H,5-12,16H2,1-4H3. The van der Waals surface area contributed by atoms with Crippen LogP contribution in [0, 0.1) is 0 Å². The Hall–Kier alpha value is -0.650. The van der Waals surface area contributed by atoms with E-state index in [-0.39, 0.29) is 12.1 Å². The van der Waals surface area contributed by atoms with Crippen molar-refractivity contribution in [1.29, 1.82) is 0 Å². The van der Waals surface area contributed by atoms with Gasteiger partial charge < -0.3 is 19.9 Å². The quantitative estimate of drug-likeness (QED) is 0.467. The summed E-state index contributed by atoms with van der Waals surface area (Å²) in [6.07, 6.45) is 3.20. The van der Waals surface area contributed by atoms with E-state index in [1.807, 2.05) is 20.8 Å². The van der Waals surface area contributed by atoms with Crippen molar-refractivity contribution in [3.8, 4) is 0 Å². The number of rotatable bonds is 11. The fourth-order valence-corrected chi connectivity index (χ4v) is 1.70. The van der Waals surface area contributed by atoms with Crippen LogP contribution in [0.1, 0.15) is 53.4 Å². The fraction of sp³-hybridized carbons (Fsp3) is 0.933. The molecule has 0 rings (SSSR count). The first kappa shape index (κ1) is 19.4. The molecule has 20 heavy (non-hydrogen) atoms. The summed E-state index contributed by atoms with van der Waals surface area (Å²) < 4.78 is 16.3. The number of nitrogens with two attached hydrogens (primary N) is 1. The third-order valence-corrected chi connectivity index (χ3v) is 2.54. The molecule has 0 aromatic heterocycles. The molecule has 0 aliphatic heterocycles. The lowest BCUT2D eigenvalue weighted by atomic mass is 10.1. The van der Waals surface area contributed by atoms with Crippen molar-refractivity contribution in [3.05, 3.63) is 0 Å². The Morgan fingerprint density at radius 2 is 1.90 bits per heavy atom. The SMILES string of the molecule is CCCCC(CC(=O)OC(C)(C)C)OCCOCCN. The third-order valence-electron chi connectivity index (χ3n) is 2.54. The van der Waals surface area contributed by atoms with Crippen molar-refractivity contribution in [2.24, 2.45) is 5.73 Å². The maximum absolute atomic E-state index is 11.8. The second-order valence-electron chi connectivity index (χ2n) is 5.83. The second-order valence-corrected chi connectivity index (χ2v) is 5.83. The molecule has 0 bridgehead atoms. The van der Waals surface area contributed by atoms with Gasteiger partial charge in [-0.3, -0.25) is 4.79 Å². The van der Waals surface area contributed by atoms with Gasteiger partial charge in [-0.05, 0) is 27.2 Å². The number of carbonyl (C=O) groups excluding carboxylic acids is 1. The Kier molecular flexibility index (Phi) is 10.7. The summed E-state index contributed by atoms with van der Waals surface area (Å²) in [7, 11) is 0. The molecule has 0 aliphatic carbocycles. The van der Waals surface area contributed by atoms with Crippen LogP contribution in [0.2, 0.25) is 0 Å². The molecule has 0 heterocycles. The van der Waals surface area contributed by atoms with E-state index < -0.39 is 5.60 Å². The number of hydrogen-bond donors (Lipinski definition) is 1. The number of hydrogen-bond acceptors (Lipinski definition) is 5. The van der Waals surface area contributed by atoms with Crippen LogP contribution in [0.15, 0.2) is 0 Å². The van der Waals surface area contributed by atoms with Gasteiger partial charge in [0.25, 0.3) is 0 Å². The molecule has 0 radical (unpaired) electrons. The predicted molar refractivity (Wildman–Crippen MR) is 79.6 cm³/mol. The van der Waals surface area contributed by atoms with Crippen molar-refractivity contribution in [3.63, 3.8) is 0 Å². The van der Waals surface area contributed by atoms with Gasteiger partial charge in [0.1, 0.15) is 5.60 Å². The summed E-state index contributed by atoms with van der Waals surface area (Å²) in [6, 6.07) is 0. The first-order valence-corrected chi connectivity index (χ1v) is 7.50. The highest BCUT2D eigenvalue weighted by Gasteiger charge is 2.20. The Morgan fingerprint density at radius 1 is 1.20 bits per heavy atom. The highest BCUT2D eigenvalue weighted by atomic mass is 16.6. The number of unbranched alkanes of at least 4 members (excludes halogenated alkanes) is 1. The predicted octanol–water partition coefficient (Wildman–Crippen LogP) is 2.27. The van der Waals surface area contributed by atoms with E-state index in [1.165, 1.54) is 0 Å². The van der Waals surface area contributed by atoms with Crippen LogP contribution in [-0.4, -0.2) is 44.0 Å². The molecule has 0 aliphatic rings. The van der Waals surface area contributed by atoms with Crippen LogP contribution in [0.5, 0.6) is 0 Å². The molecule has 0 aromatic carbocycles. The first-order valence-electron chi connectivity index (χ1n) is 7.50. The van der Waals surface area contributed by atoms with Gasteiger partial charge in [-0.25, -0.2) is 0 Å².